The van der Waals surface area contributed by atoms with Crippen molar-refractivity contribution in [2.45, 2.75) is 12.8 Å². The molecule has 0 bridgehead atoms. The third kappa shape index (κ3) is 2.57. The van der Waals surface area contributed by atoms with E-state index in [0.29, 0.717) is 11.1 Å². The molecular formula is C18H18N8. The molecule has 0 amide bonds. The molecule has 26 heavy (non-hydrogen) atoms. The fourth-order valence-electron chi connectivity index (χ4n) is 2.93. The quantitative estimate of drug-likeness (QED) is 0.247. The molecule has 4 aromatic rings. The minimum atomic E-state index is -0.0867. The van der Waals surface area contributed by atoms with Gasteiger partial charge in [-0.1, -0.05) is 0 Å². The van der Waals surface area contributed by atoms with Gasteiger partial charge in [0.2, 0.25) is 0 Å². The molecular weight excluding hydrogens is 328 g/mol. The van der Waals surface area contributed by atoms with E-state index in [-0.39, 0.29) is 17.6 Å². The Morgan fingerprint density at radius 2 is 1.27 bits per heavy atom. The number of fused-ring (bicyclic) bond motifs is 2. The average molecular weight is 346 g/mol. The Morgan fingerprint density at radius 1 is 0.846 bits per heavy atom. The van der Waals surface area contributed by atoms with Crippen LogP contribution in [-0.2, 0) is 0 Å². The van der Waals surface area contributed by atoms with Gasteiger partial charge < -0.3 is 21.4 Å². The highest BCUT2D eigenvalue weighted by Crippen LogP contribution is 2.25. The zero-order valence-corrected chi connectivity index (χ0v) is 14.1. The molecule has 130 valence electrons. The van der Waals surface area contributed by atoms with E-state index >= 15 is 0 Å². The number of imidazole rings is 2. The van der Waals surface area contributed by atoms with Crippen molar-refractivity contribution in [1.29, 1.82) is 10.8 Å². The first-order chi connectivity index (χ1) is 12.4. The summed E-state index contributed by atoms with van der Waals surface area (Å²) >= 11 is 0. The zero-order valence-electron chi connectivity index (χ0n) is 14.1. The van der Waals surface area contributed by atoms with Crippen LogP contribution >= 0.6 is 0 Å². The van der Waals surface area contributed by atoms with Crippen LogP contribution in [0.25, 0.3) is 22.1 Å². The molecule has 0 saturated heterocycles. The molecule has 0 aliphatic heterocycles. The number of nitrogen functional groups attached to an aromatic ring is 2. The maximum Gasteiger partial charge on any atom is 0.122 e. The van der Waals surface area contributed by atoms with E-state index < -0.39 is 0 Å². The Hall–Kier alpha value is -3.68. The van der Waals surface area contributed by atoms with E-state index in [0.717, 1.165) is 33.7 Å². The number of H-pyrrole nitrogens is 2. The van der Waals surface area contributed by atoms with Crippen molar-refractivity contribution in [1.82, 2.24) is 19.9 Å². The minimum Gasteiger partial charge on any atom is -0.384 e. The van der Waals surface area contributed by atoms with Gasteiger partial charge in [-0.2, -0.15) is 0 Å². The molecule has 8 nitrogen and oxygen atoms in total. The Labute approximate surface area is 148 Å². The monoisotopic (exact) mass is 346 g/mol. The van der Waals surface area contributed by atoms with Crippen molar-refractivity contribution in [3.05, 3.63) is 59.2 Å². The van der Waals surface area contributed by atoms with Crippen molar-refractivity contribution in [3.63, 3.8) is 0 Å². The molecule has 0 aliphatic rings. The number of nitrogens with two attached hydrogens (primary N) is 2. The molecule has 2 heterocycles. The number of hydrogen-bond acceptors (Lipinski definition) is 4. The summed E-state index contributed by atoms with van der Waals surface area (Å²) in [7, 11) is 0. The normalized spacial score (nSPS) is 12.5. The summed E-state index contributed by atoms with van der Waals surface area (Å²) in [4.78, 5) is 15.8. The predicted octanol–water partition coefficient (Wildman–Crippen LogP) is 2.16. The maximum absolute atomic E-state index is 7.55. The fraction of sp³-hybridized carbons (Fsp3) is 0.111. The standard InChI is InChI=1S/C18H18N8/c1-8(17-23-11-4-2-9(15(19)20)6-13(11)25-17)18-24-12-5-3-10(16(21)22)7-14(12)26-18/h2-8H,1H3,(H3,19,20)(H3,21,22)(H,23,25)(H,24,26). The van der Waals surface area contributed by atoms with E-state index in [1.54, 1.807) is 12.1 Å². The number of benzene rings is 2. The summed E-state index contributed by atoms with van der Waals surface area (Å²) in [6, 6.07) is 10.9. The van der Waals surface area contributed by atoms with Crippen molar-refractivity contribution in [2.75, 3.05) is 0 Å². The smallest absolute Gasteiger partial charge is 0.122 e. The molecule has 0 radical (unpaired) electrons. The first-order valence-corrected chi connectivity index (χ1v) is 8.10. The van der Waals surface area contributed by atoms with Crippen LogP contribution < -0.4 is 11.5 Å². The van der Waals surface area contributed by atoms with Gasteiger partial charge in [0.25, 0.3) is 0 Å². The van der Waals surface area contributed by atoms with Gasteiger partial charge in [0.1, 0.15) is 23.3 Å². The van der Waals surface area contributed by atoms with Crippen molar-refractivity contribution >= 4 is 33.7 Å². The second-order valence-electron chi connectivity index (χ2n) is 6.26. The van der Waals surface area contributed by atoms with Crippen molar-refractivity contribution in [3.8, 4) is 0 Å². The molecule has 8 heteroatoms. The molecule has 2 aromatic carbocycles. The number of nitrogens with zero attached hydrogens (tertiary/aromatic N) is 2. The Morgan fingerprint density at radius 3 is 1.65 bits per heavy atom. The molecule has 0 spiro atoms. The first kappa shape index (κ1) is 15.8. The van der Waals surface area contributed by atoms with Gasteiger partial charge in [-0.05, 0) is 43.3 Å². The highest BCUT2D eigenvalue weighted by molar-refractivity contribution is 5.98. The van der Waals surface area contributed by atoms with Crippen LogP contribution in [0, 0.1) is 10.8 Å². The SMILES string of the molecule is CC(c1nc2ccc(C(=N)N)cc2[nH]1)c1nc2ccc(C(=N)N)cc2[nH]1. The summed E-state index contributed by atoms with van der Waals surface area (Å²) in [6.45, 7) is 2.01. The van der Waals surface area contributed by atoms with Crippen LogP contribution in [0.15, 0.2) is 36.4 Å². The van der Waals surface area contributed by atoms with Crippen LogP contribution in [0.3, 0.4) is 0 Å². The second-order valence-corrected chi connectivity index (χ2v) is 6.26. The van der Waals surface area contributed by atoms with E-state index in [1.807, 2.05) is 31.2 Å². The van der Waals surface area contributed by atoms with Crippen LogP contribution in [0.1, 0.15) is 35.6 Å². The van der Waals surface area contributed by atoms with E-state index in [1.165, 1.54) is 0 Å². The predicted molar refractivity (Wildman–Crippen MR) is 102 cm³/mol. The topological polar surface area (TPSA) is 157 Å². The second kappa shape index (κ2) is 5.69. The molecule has 2 aromatic heterocycles. The van der Waals surface area contributed by atoms with Crippen LogP contribution in [0.5, 0.6) is 0 Å². The average Bonchev–Trinajstić information content (AvgIpc) is 3.23. The van der Waals surface area contributed by atoms with Gasteiger partial charge in [0.15, 0.2) is 0 Å². The highest BCUT2D eigenvalue weighted by atomic mass is 15.0. The molecule has 4 rings (SSSR count). The number of amidine groups is 2. The lowest BCUT2D eigenvalue weighted by Crippen LogP contribution is -2.10. The lowest BCUT2D eigenvalue weighted by Gasteiger charge is -2.03. The van der Waals surface area contributed by atoms with Gasteiger partial charge in [-0.3, -0.25) is 10.8 Å². The number of rotatable bonds is 4. The third-order valence-electron chi connectivity index (χ3n) is 4.44. The van der Waals surface area contributed by atoms with E-state index in [2.05, 4.69) is 19.9 Å². The van der Waals surface area contributed by atoms with Crippen LogP contribution in [0.2, 0.25) is 0 Å². The van der Waals surface area contributed by atoms with Crippen molar-refractivity contribution < 1.29 is 0 Å². The van der Waals surface area contributed by atoms with Crippen LogP contribution in [-0.4, -0.2) is 31.6 Å². The van der Waals surface area contributed by atoms with E-state index in [9.17, 15) is 0 Å². The number of nitrogens with one attached hydrogen (secondary N) is 4. The van der Waals surface area contributed by atoms with Crippen molar-refractivity contribution in [2.24, 2.45) is 11.5 Å². The largest absolute Gasteiger partial charge is 0.384 e. The zero-order chi connectivity index (χ0) is 18.4. The van der Waals surface area contributed by atoms with Gasteiger partial charge in [0.05, 0.1) is 28.0 Å². The van der Waals surface area contributed by atoms with Crippen LogP contribution in [0.4, 0.5) is 0 Å². The highest BCUT2D eigenvalue weighted by Gasteiger charge is 2.17. The fourth-order valence-corrected chi connectivity index (χ4v) is 2.93. The lowest BCUT2D eigenvalue weighted by atomic mass is 10.1. The molecule has 0 aliphatic carbocycles. The van der Waals surface area contributed by atoms with Gasteiger partial charge in [-0.15, -0.1) is 0 Å². The Bertz CT molecular complexity index is 1070. The Kier molecular flexibility index (Phi) is 3.47. The number of aromatic nitrogens is 4. The molecule has 0 unspecified atom stereocenters. The summed E-state index contributed by atoms with van der Waals surface area (Å²) in [5.74, 6) is 1.50. The van der Waals surface area contributed by atoms with Gasteiger partial charge in [-0.25, -0.2) is 9.97 Å². The maximum atomic E-state index is 7.55. The Balaban J connectivity index is 1.73. The lowest BCUT2D eigenvalue weighted by molar-refractivity contribution is 0.790. The van der Waals surface area contributed by atoms with Gasteiger partial charge >= 0.3 is 0 Å². The molecule has 0 saturated carbocycles. The summed E-state index contributed by atoms with van der Waals surface area (Å²) in [5, 5.41) is 15.1. The third-order valence-corrected chi connectivity index (χ3v) is 4.44. The number of aromatic amines is 2. The first-order valence-electron chi connectivity index (χ1n) is 8.10. The summed E-state index contributed by atoms with van der Waals surface area (Å²) < 4.78 is 0. The minimum absolute atomic E-state index is 0.0228. The molecule has 0 atom stereocenters. The summed E-state index contributed by atoms with van der Waals surface area (Å²) in [5.41, 5.74) is 15.7. The molecule has 0 fully saturated rings. The number of hydrogen-bond donors (Lipinski definition) is 6. The molecule has 8 N–H and O–H groups in total. The van der Waals surface area contributed by atoms with E-state index in [4.69, 9.17) is 22.3 Å². The summed E-state index contributed by atoms with van der Waals surface area (Å²) in [6.07, 6.45) is 0. The van der Waals surface area contributed by atoms with Gasteiger partial charge in [0, 0.05) is 11.1 Å².